The molecule has 1 saturated heterocycles. The van der Waals surface area contributed by atoms with Gasteiger partial charge in [0.1, 0.15) is 11.6 Å². The molecule has 0 atom stereocenters. The van der Waals surface area contributed by atoms with Gasteiger partial charge in [-0.2, -0.15) is 4.98 Å². The predicted molar refractivity (Wildman–Crippen MR) is 112 cm³/mol. The van der Waals surface area contributed by atoms with E-state index in [0.717, 1.165) is 63.1 Å². The second-order valence-electron chi connectivity index (χ2n) is 7.26. The Bertz CT molecular complexity index is 937. The van der Waals surface area contributed by atoms with Crippen LogP contribution in [0.15, 0.2) is 60.9 Å². The summed E-state index contributed by atoms with van der Waals surface area (Å²) in [6.45, 7) is 4.73. The van der Waals surface area contributed by atoms with E-state index in [9.17, 15) is 0 Å². The molecular formula is C22H24N6. The number of para-hydroxylation sites is 1. The van der Waals surface area contributed by atoms with E-state index < -0.39 is 0 Å². The number of hydrogen-bond donors (Lipinski definition) is 0. The minimum atomic E-state index is 0.803. The van der Waals surface area contributed by atoms with Crippen LogP contribution in [0.1, 0.15) is 12.0 Å². The molecule has 4 heterocycles. The van der Waals surface area contributed by atoms with Crippen LogP contribution in [0.5, 0.6) is 0 Å². The molecule has 0 saturated carbocycles. The summed E-state index contributed by atoms with van der Waals surface area (Å²) >= 11 is 0. The van der Waals surface area contributed by atoms with Crippen LogP contribution in [0.25, 0.3) is 0 Å². The van der Waals surface area contributed by atoms with Crippen molar-refractivity contribution in [3.63, 3.8) is 0 Å². The Hall–Kier alpha value is -3.15. The van der Waals surface area contributed by atoms with Gasteiger partial charge in [-0.3, -0.25) is 0 Å². The largest absolute Gasteiger partial charge is 0.353 e. The molecule has 2 aliphatic heterocycles. The molecule has 0 aliphatic carbocycles. The van der Waals surface area contributed by atoms with E-state index in [1.807, 2.05) is 30.6 Å². The zero-order chi connectivity index (χ0) is 18.8. The molecule has 6 nitrogen and oxygen atoms in total. The number of fused-ring (bicyclic) bond motifs is 1. The topological polar surface area (TPSA) is 48.4 Å². The van der Waals surface area contributed by atoms with Crippen molar-refractivity contribution in [2.24, 2.45) is 0 Å². The first-order chi connectivity index (χ1) is 13.9. The number of benzene rings is 1. The molecule has 28 heavy (non-hydrogen) atoms. The number of piperazine rings is 1. The van der Waals surface area contributed by atoms with Gasteiger partial charge in [0.2, 0.25) is 5.95 Å². The average molecular weight is 372 g/mol. The SMILES string of the molecule is c1ccc(N2CCN(c3ccnc(N4CCCc5ccccc54)n3)CC2)nc1. The second-order valence-corrected chi connectivity index (χ2v) is 7.26. The molecule has 5 rings (SSSR count). The van der Waals surface area contributed by atoms with Crippen LogP contribution >= 0.6 is 0 Å². The van der Waals surface area contributed by atoms with Gasteiger partial charge in [0.15, 0.2) is 0 Å². The summed E-state index contributed by atoms with van der Waals surface area (Å²) in [4.78, 5) is 20.9. The lowest BCUT2D eigenvalue weighted by molar-refractivity contribution is 0.640. The van der Waals surface area contributed by atoms with Crippen LogP contribution in [0.4, 0.5) is 23.3 Å². The molecule has 0 unspecified atom stereocenters. The summed E-state index contributed by atoms with van der Waals surface area (Å²) < 4.78 is 0. The Morgan fingerprint density at radius 2 is 1.46 bits per heavy atom. The van der Waals surface area contributed by atoms with Gasteiger partial charge in [-0.05, 0) is 42.7 Å². The molecule has 142 valence electrons. The molecule has 0 bridgehead atoms. The Morgan fingerprint density at radius 3 is 2.29 bits per heavy atom. The molecule has 3 aromatic rings. The summed E-state index contributed by atoms with van der Waals surface area (Å²) in [6.07, 6.45) is 6.00. The summed E-state index contributed by atoms with van der Waals surface area (Å²) in [6, 6.07) is 16.7. The monoisotopic (exact) mass is 372 g/mol. The van der Waals surface area contributed by atoms with Crippen LogP contribution in [-0.4, -0.2) is 47.7 Å². The molecule has 0 radical (unpaired) electrons. The highest BCUT2D eigenvalue weighted by molar-refractivity contribution is 5.64. The van der Waals surface area contributed by atoms with Crippen LogP contribution in [0.2, 0.25) is 0 Å². The molecular weight excluding hydrogens is 348 g/mol. The zero-order valence-electron chi connectivity index (χ0n) is 15.9. The first kappa shape index (κ1) is 17.0. The van der Waals surface area contributed by atoms with Gasteiger partial charge in [0, 0.05) is 50.8 Å². The van der Waals surface area contributed by atoms with Crippen molar-refractivity contribution in [2.45, 2.75) is 12.8 Å². The van der Waals surface area contributed by atoms with Crippen molar-refractivity contribution in [1.82, 2.24) is 15.0 Å². The van der Waals surface area contributed by atoms with Crippen LogP contribution in [0.3, 0.4) is 0 Å². The third-order valence-electron chi connectivity index (χ3n) is 5.56. The van der Waals surface area contributed by atoms with Gasteiger partial charge >= 0.3 is 0 Å². The number of aromatic nitrogens is 3. The molecule has 0 spiro atoms. The van der Waals surface area contributed by atoms with E-state index in [-0.39, 0.29) is 0 Å². The maximum atomic E-state index is 4.92. The van der Waals surface area contributed by atoms with Crippen molar-refractivity contribution >= 4 is 23.3 Å². The Morgan fingerprint density at radius 1 is 0.679 bits per heavy atom. The predicted octanol–water partition coefficient (Wildman–Crippen LogP) is 3.28. The van der Waals surface area contributed by atoms with E-state index in [0.29, 0.717) is 0 Å². The number of anilines is 4. The lowest BCUT2D eigenvalue weighted by atomic mass is 10.0. The van der Waals surface area contributed by atoms with Crippen molar-refractivity contribution in [3.8, 4) is 0 Å². The van der Waals surface area contributed by atoms with Crippen LogP contribution < -0.4 is 14.7 Å². The van der Waals surface area contributed by atoms with E-state index in [4.69, 9.17) is 4.98 Å². The Labute approximate surface area is 165 Å². The van der Waals surface area contributed by atoms with Crippen LogP contribution in [-0.2, 0) is 6.42 Å². The zero-order valence-corrected chi connectivity index (χ0v) is 15.9. The maximum Gasteiger partial charge on any atom is 0.231 e. The standard InChI is InChI=1S/C22H24N6/c1-2-8-19-18(6-1)7-5-13-28(19)22-24-12-10-21(25-22)27-16-14-26(15-17-27)20-9-3-4-11-23-20/h1-4,6,8-12H,5,7,13-17H2. The molecule has 2 aromatic heterocycles. The van der Waals surface area contributed by atoms with Gasteiger partial charge in [-0.25, -0.2) is 9.97 Å². The van der Waals surface area contributed by atoms with Crippen molar-refractivity contribution in [3.05, 3.63) is 66.5 Å². The van der Waals surface area contributed by atoms with E-state index >= 15 is 0 Å². The van der Waals surface area contributed by atoms with Crippen LogP contribution in [0, 0.1) is 0 Å². The minimum Gasteiger partial charge on any atom is -0.353 e. The molecule has 0 N–H and O–H groups in total. The fraction of sp³-hybridized carbons (Fsp3) is 0.318. The highest BCUT2D eigenvalue weighted by Crippen LogP contribution is 2.32. The molecule has 6 heteroatoms. The van der Waals surface area contributed by atoms with E-state index in [2.05, 4.69) is 55.0 Å². The third kappa shape index (κ3) is 3.26. The second kappa shape index (κ2) is 7.46. The van der Waals surface area contributed by atoms with Gasteiger partial charge in [0.25, 0.3) is 0 Å². The summed E-state index contributed by atoms with van der Waals surface area (Å²) in [5.74, 6) is 2.86. The number of hydrogen-bond acceptors (Lipinski definition) is 6. The van der Waals surface area contributed by atoms with Gasteiger partial charge in [0.05, 0.1) is 0 Å². The highest BCUT2D eigenvalue weighted by Gasteiger charge is 2.22. The maximum absolute atomic E-state index is 4.92. The lowest BCUT2D eigenvalue weighted by Gasteiger charge is -2.36. The molecule has 2 aliphatic rings. The summed E-state index contributed by atoms with van der Waals surface area (Å²) in [7, 11) is 0. The van der Waals surface area contributed by atoms with Gasteiger partial charge in [-0.1, -0.05) is 24.3 Å². The first-order valence-corrected chi connectivity index (χ1v) is 9.98. The van der Waals surface area contributed by atoms with E-state index in [1.54, 1.807) is 0 Å². The molecule has 1 aromatic carbocycles. The normalized spacial score (nSPS) is 16.8. The Balaban J connectivity index is 1.33. The number of nitrogens with zero attached hydrogens (tertiary/aromatic N) is 6. The third-order valence-corrected chi connectivity index (χ3v) is 5.56. The summed E-state index contributed by atoms with van der Waals surface area (Å²) in [5.41, 5.74) is 2.62. The quantitative estimate of drug-likeness (QED) is 0.703. The lowest BCUT2D eigenvalue weighted by Crippen LogP contribution is -2.47. The van der Waals surface area contributed by atoms with E-state index in [1.165, 1.54) is 11.3 Å². The highest BCUT2D eigenvalue weighted by atomic mass is 15.3. The summed E-state index contributed by atoms with van der Waals surface area (Å²) in [5, 5.41) is 0. The number of aryl methyl sites for hydroxylation is 1. The minimum absolute atomic E-state index is 0.803. The van der Waals surface area contributed by atoms with Crippen molar-refractivity contribution in [1.29, 1.82) is 0 Å². The number of rotatable bonds is 3. The molecule has 0 amide bonds. The van der Waals surface area contributed by atoms with Crippen molar-refractivity contribution < 1.29 is 0 Å². The fourth-order valence-corrected chi connectivity index (χ4v) is 4.09. The van der Waals surface area contributed by atoms with Crippen molar-refractivity contribution in [2.75, 3.05) is 47.4 Å². The average Bonchev–Trinajstić information content (AvgIpc) is 2.79. The smallest absolute Gasteiger partial charge is 0.231 e. The van der Waals surface area contributed by atoms with Gasteiger partial charge < -0.3 is 14.7 Å². The Kier molecular flexibility index (Phi) is 4.53. The van der Waals surface area contributed by atoms with Gasteiger partial charge in [-0.15, -0.1) is 0 Å². The fourth-order valence-electron chi connectivity index (χ4n) is 4.09. The molecule has 1 fully saturated rings. The number of pyridine rings is 1. The first-order valence-electron chi connectivity index (χ1n) is 9.98.